The first-order valence-corrected chi connectivity index (χ1v) is 7.57. The van der Waals surface area contributed by atoms with Gasteiger partial charge in [0.05, 0.1) is 11.9 Å². The molecule has 0 aliphatic carbocycles. The van der Waals surface area contributed by atoms with Gasteiger partial charge in [-0.1, -0.05) is 17.8 Å². The number of rotatable bonds is 3. The minimum absolute atomic E-state index is 0.425. The maximum atomic E-state index is 5.36. The van der Waals surface area contributed by atoms with Crippen LogP contribution in [-0.2, 0) is 4.74 Å². The molecule has 2 aromatic heterocycles. The van der Waals surface area contributed by atoms with Crippen LogP contribution in [0.15, 0.2) is 52.9 Å². The number of hydrogen-bond donors (Lipinski definition) is 1. The topological polar surface area (TPSA) is 66.9 Å². The highest BCUT2D eigenvalue weighted by Gasteiger charge is 2.25. The minimum atomic E-state index is 0.425. The number of H-pyrrole nitrogens is 1. The van der Waals surface area contributed by atoms with Crippen molar-refractivity contribution in [1.29, 1.82) is 0 Å². The molecule has 0 fully saturated rings. The van der Waals surface area contributed by atoms with Crippen LogP contribution < -0.4 is 4.90 Å². The molecular weight excluding hydrogens is 298 g/mol. The van der Waals surface area contributed by atoms with Gasteiger partial charge in [-0.2, -0.15) is 5.10 Å². The van der Waals surface area contributed by atoms with Crippen LogP contribution in [0.3, 0.4) is 0 Å². The average Bonchev–Trinajstić information content (AvgIpc) is 3.09. The molecular formula is C15H13N5OS. The van der Waals surface area contributed by atoms with Crippen LogP contribution in [0.2, 0.25) is 0 Å². The first-order valence-electron chi connectivity index (χ1n) is 6.75. The maximum absolute atomic E-state index is 5.36. The second-order valence-electron chi connectivity index (χ2n) is 4.80. The summed E-state index contributed by atoms with van der Waals surface area (Å²) < 4.78 is 5.36. The van der Waals surface area contributed by atoms with Crippen LogP contribution >= 0.6 is 11.8 Å². The zero-order valence-electron chi connectivity index (χ0n) is 11.9. The van der Waals surface area contributed by atoms with Crippen LogP contribution in [-0.4, -0.2) is 34.0 Å². The summed E-state index contributed by atoms with van der Waals surface area (Å²) in [6.45, 7) is 0.425. The van der Waals surface area contributed by atoms with E-state index in [0.29, 0.717) is 6.73 Å². The standard InChI is InChI=1S/C15H13N5OS/c1-21-9-20-12-6-10(11-7-18-19-8-11)2-3-13(12)22-15-14(20)16-4-5-17-15/h2-8H,9H2,1H3,(H,18,19). The Morgan fingerprint density at radius 2 is 2.14 bits per heavy atom. The Morgan fingerprint density at radius 3 is 2.95 bits per heavy atom. The van der Waals surface area contributed by atoms with E-state index in [1.54, 1.807) is 31.3 Å². The third-order valence-corrected chi connectivity index (χ3v) is 4.49. The van der Waals surface area contributed by atoms with Crippen LogP contribution in [0, 0.1) is 0 Å². The fourth-order valence-corrected chi connectivity index (χ4v) is 3.44. The molecule has 0 amide bonds. The quantitative estimate of drug-likeness (QED) is 0.802. The van der Waals surface area contributed by atoms with Gasteiger partial charge in [0.2, 0.25) is 0 Å². The summed E-state index contributed by atoms with van der Waals surface area (Å²) in [6.07, 6.45) is 7.10. The van der Waals surface area contributed by atoms with E-state index in [9.17, 15) is 0 Å². The molecule has 0 radical (unpaired) electrons. The average molecular weight is 311 g/mol. The van der Waals surface area contributed by atoms with Crippen molar-refractivity contribution in [3.05, 3.63) is 43.0 Å². The third kappa shape index (κ3) is 2.15. The predicted molar refractivity (Wildman–Crippen MR) is 84.2 cm³/mol. The lowest BCUT2D eigenvalue weighted by molar-refractivity contribution is 0.205. The van der Waals surface area contributed by atoms with Gasteiger partial charge in [-0.15, -0.1) is 0 Å². The maximum Gasteiger partial charge on any atom is 0.168 e. The number of hydrogen-bond acceptors (Lipinski definition) is 6. The van der Waals surface area contributed by atoms with Crippen molar-refractivity contribution in [2.75, 3.05) is 18.7 Å². The van der Waals surface area contributed by atoms with Crippen LogP contribution in [0.1, 0.15) is 0 Å². The van der Waals surface area contributed by atoms with Gasteiger partial charge in [-0.3, -0.25) is 10.00 Å². The Labute approximate surface area is 131 Å². The summed E-state index contributed by atoms with van der Waals surface area (Å²) in [5.41, 5.74) is 3.22. The molecule has 22 heavy (non-hydrogen) atoms. The van der Waals surface area contributed by atoms with E-state index >= 15 is 0 Å². The van der Waals surface area contributed by atoms with Crippen molar-refractivity contribution in [3.8, 4) is 11.1 Å². The van der Waals surface area contributed by atoms with E-state index in [4.69, 9.17) is 4.74 Å². The summed E-state index contributed by atoms with van der Waals surface area (Å²) in [4.78, 5) is 12.0. The summed E-state index contributed by atoms with van der Waals surface area (Å²) in [7, 11) is 1.68. The highest BCUT2D eigenvalue weighted by molar-refractivity contribution is 7.99. The summed E-state index contributed by atoms with van der Waals surface area (Å²) >= 11 is 1.62. The predicted octanol–water partition coefficient (Wildman–Crippen LogP) is 3.07. The Kier molecular flexibility index (Phi) is 3.28. The molecule has 0 atom stereocenters. The lowest BCUT2D eigenvalue weighted by Gasteiger charge is -2.30. The number of anilines is 2. The Morgan fingerprint density at radius 1 is 1.23 bits per heavy atom. The normalized spacial score (nSPS) is 12.9. The molecule has 1 aliphatic heterocycles. The Hall–Kier alpha value is -2.38. The summed E-state index contributed by atoms with van der Waals surface area (Å²) in [6, 6.07) is 6.31. The monoisotopic (exact) mass is 311 g/mol. The second kappa shape index (κ2) is 5.43. The molecule has 110 valence electrons. The van der Waals surface area contributed by atoms with Crippen molar-refractivity contribution in [2.24, 2.45) is 0 Å². The fourth-order valence-electron chi connectivity index (χ4n) is 2.46. The lowest BCUT2D eigenvalue weighted by atomic mass is 10.1. The molecule has 1 aromatic carbocycles. The Balaban J connectivity index is 1.84. The molecule has 0 saturated heterocycles. The lowest BCUT2D eigenvalue weighted by Crippen LogP contribution is -2.24. The molecule has 6 nitrogen and oxygen atoms in total. The zero-order valence-corrected chi connectivity index (χ0v) is 12.7. The van der Waals surface area contributed by atoms with Crippen molar-refractivity contribution in [2.45, 2.75) is 9.92 Å². The summed E-state index contributed by atoms with van der Waals surface area (Å²) in [5.74, 6) is 0.825. The summed E-state index contributed by atoms with van der Waals surface area (Å²) in [5, 5.41) is 7.75. The van der Waals surface area contributed by atoms with Gasteiger partial charge in [0.25, 0.3) is 0 Å². The van der Waals surface area contributed by atoms with Gasteiger partial charge in [0, 0.05) is 36.2 Å². The van der Waals surface area contributed by atoms with E-state index < -0.39 is 0 Å². The highest BCUT2D eigenvalue weighted by atomic mass is 32.2. The molecule has 7 heteroatoms. The van der Waals surface area contributed by atoms with E-state index in [-0.39, 0.29) is 0 Å². The van der Waals surface area contributed by atoms with Gasteiger partial charge in [0.1, 0.15) is 11.8 Å². The van der Waals surface area contributed by atoms with Crippen molar-refractivity contribution in [3.63, 3.8) is 0 Å². The van der Waals surface area contributed by atoms with E-state index in [2.05, 4.69) is 38.4 Å². The third-order valence-electron chi connectivity index (χ3n) is 3.45. The largest absolute Gasteiger partial charge is 0.364 e. The minimum Gasteiger partial charge on any atom is -0.364 e. The zero-order chi connectivity index (χ0) is 14.9. The number of ether oxygens (including phenoxy) is 1. The van der Waals surface area contributed by atoms with Crippen LogP contribution in [0.25, 0.3) is 11.1 Å². The van der Waals surface area contributed by atoms with Gasteiger partial charge in [-0.05, 0) is 17.7 Å². The van der Waals surface area contributed by atoms with Crippen molar-refractivity contribution < 1.29 is 4.74 Å². The van der Waals surface area contributed by atoms with E-state index in [1.165, 1.54) is 0 Å². The molecule has 0 bridgehead atoms. The first kappa shape index (κ1) is 13.3. The number of aromatic nitrogens is 4. The molecule has 1 aliphatic rings. The molecule has 0 unspecified atom stereocenters. The van der Waals surface area contributed by atoms with Gasteiger partial charge >= 0.3 is 0 Å². The second-order valence-corrected chi connectivity index (χ2v) is 5.83. The smallest absolute Gasteiger partial charge is 0.168 e. The molecule has 0 saturated carbocycles. The molecule has 3 heterocycles. The van der Waals surface area contributed by atoms with Crippen molar-refractivity contribution >= 4 is 23.3 Å². The van der Waals surface area contributed by atoms with Gasteiger partial charge in [0.15, 0.2) is 5.82 Å². The number of nitrogens with one attached hydrogen (secondary N) is 1. The highest BCUT2D eigenvalue weighted by Crippen LogP contribution is 2.46. The number of fused-ring (bicyclic) bond motifs is 2. The van der Waals surface area contributed by atoms with Gasteiger partial charge in [-0.25, -0.2) is 9.97 Å². The SMILES string of the molecule is COCN1c2cc(-c3cn[nH]c3)ccc2Sc2nccnc21. The van der Waals surface area contributed by atoms with Gasteiger partial charge < -0.3 is 4.74 Å². The van der Waals surface area contributed by atoms with E-state index in [1.807, 2.05) is 17.3 Å². The Bertz CT molecular complexity index is 805. The fraction of sp³-hybridized carbons (Fsp3) is 0.133. The first-order chi connectivity index (χ1) is 10.9. The van der Waals surface area contributed by atoms with Crippen LogP contribution in [0.5, 0.6) is 0 Å². The van der Waals surface area contributed by atoms with Crippen molar-refractivity contribution in [1.82, 2.24) is 20.2 Å². The molecule has 3 aromatic rings. The van der Waals surface area contributed by atoms with Crippen LogP contribution in [0.4, 0.5) is 11.5 Å². The molecule has 4 rings (SSSR count). The number of benzene rings is 1. The van der Waals surface area contributed by atoms with E-state index in [0.717, 1.165) is 32.6 Å². The number of nitrogens with zero attached hydrogens (tertiary/aromatic N) is 4. The number of methoxy groups -OCH3 is 1. The number of aromatic amines is 1. The molecule has 0 spiro atoms. The molecule has 1 N–H and O–H groups in total.